The Balaban J connectivity index is 1.91. The Labute approximate surface area is 250 Å². The van der Waals surface area contributed by atoms with Gasteiger partial charge in [-0.3, -0.25) is 19.2 Å². The number of hydrazine groups is 2. The molecule has 4 atom stereocenters. The molecule has 4 rings (SSSR count). The lowest BCUT2D eigenvalue weighted by Crippen LogP contribution is -2.61. The van der Waals surface area contributed by atoms with E-state index in [9.17, 15) is 19.2 Å². The smallest absolute Gasteiger partial charge is 0.267 e. The van der Waals surface area contributed by atoms with Gasteiger partial charge < -0.3 is 0 Å². The first-order valence-corrected chi connectivity index (χ1v) is 15.5. The van der Waals surface area contributed by atoms with E-state index < -0.39 is 23.6 Å². The van der Waals surface area contributed by atoms with E-state index >= 15 is 0 Å². The fourth-order valence-corrected chi connectivity index (χ4v) is 5.96. The van der Waals surface area contributed by atoms with Crippen molar-refractivity contribution in [3.8, 4) is 0 Å². The maximum Gasteiger partial charge on any atom is 0.276 e. The second kappa shape index (κ2) is 11.5. The van der Waals surface area contributed by atoms with Crippen LogP contribution in [0.2, 0.25) is 0 Å². The number of carbonyl (C=O) groups is 4. The summed E-state index contributed by atoms with van der Waals surface area (Å²) in [6.45, 7) is 24.8. The van der Waals surface area contributed by atoms with Crippen LogP contribution in [0, 0.1) is 23.7 Å². The van der Waals surface area contributed by atoms with E-state index in [4.69, 9.17) is 0 Å². The highest BCUT2D eigenvalue weighted by atomic mass is 16.2. The van der Waals surface area contributed by atoms with Gasteiger partial charge in [-0.05, 0) is 75.6 Å². The Bertz CT molecular complexity index is 1220. The highest BCUT2D eigenvalue weighted by Gasteiger charge is 2.46. The second-order valence-corrected chi connectivity index (χ2v) is 13.6. The maximum absolute atomic E-state index is 14.2. The molecule has 0 aromatic heterocycles. The molecule has 4 amide bonds. The lowest BCUT2D eigenvalue weighted by atomic mass is 9.86. The molecule has 42 heavy (non-hydrogen) atoms. The van der Waals surface area contributed by atoms with E-state index in [-0.39, 0.29) is 47.8 Å². The molecule has 2 aromatic rings. The van der Waals surface area contributed by atoms with Crippen LogP contribution in [-0.4, -0.2) is 67.8 Å². The van der Waals surface area contributed by atoms with Crippen molar-refractivity contribution >= 4 is 34.4 Å². The number of nitrogens with zero attached hydrogens (tertiary/aromatic N) is 4. The van der Waals surface area contributed by atoms with E-state index in [0.717, 1.165) is 0 Å². The van der Waals surface area contributed by atoms with Crippen LogP contribution in [0.4, 0.5) is 0 Å². The van der Waals surface area contributed by atoms with Gasteiger partial charge >= 0.3 is 0 Å². The maximum atomic E-state index is 14.2. The van der Waals surface area contributed by atoms with Crippen LogP contribution in [0.3, 0.4) is 0 Å². The van der Waals surface area contributed by atoms with Crippen molar-refractivity contribution in [2.75, 3.05) is 0 Å². The highest BCUT2D eigenvalue weighted by molar-refractivity contribution is 6.33. The van der Waals surface area contributed by atoms with E-state index in [1.165, 1.54) is 10.0 Å². The van der Waals surface area contributed by atoms with Crippen LogP contribution >= 0.6 is 0 Å². The summed E-state index contributed by atoms with van der Waals surface area (Å²) in [5.41, 5.74) is 1.33. The third-order valence-electron chi connectivity index (χ3n) is 9.84. The molecule has 2 aliphatic rings. The summed E-state index contributed by atoms with van der Waals surface area (Å²) in [7, 11) is 0. The van der Waals surface area contributed by atoms with Crippen molar-refractivity contribution in [1.82, 2.24) is 20.0 Å². The Hall–Kier alpha value is -3.10. The summed E-state index contributed by atoms with van der Waals surface area (Å²) in [6, 6.07) is 6.27. The molecule has 2 aliphatic heterocycles. The lowest BCUT2D eigenvalue weighted by molar-refractivity contribution is -0.0646. The summed E-state index contributed by atoms with van der Waals surface area (Å²) >= 11 is 0. The molecule has 4 unspecified atom stereocenters. The summed E-state index contributed by atoms with van der Waals surface area (Å²) < 4.78 is 0. The predicted molar refractivity (Wildman–Crippen MR) is 166 cm³/mol. The molecule has 0 saturated heterocycles. The number of rotatable bonds is 10. The van der Waals surface area contributed by atoms with Crippen LogP contribution in [0.25, 0.3) is 10.8 Å². The molecule has 0 N–H and O–H groups in total. The minimum Gasteiger partial charge on any atom is -0.267 e. The number of amides is 4. The number of hydrogen-bond acceptors (Lipinski definition) is 6. The van der Waals surface area contributed by atoms with E-state index in [1.54, 1.807) is 24.3 Å². The Morgan fingerprint density at radius 3 is 0.762 bits per heavy atom. The fraction of sp³-hybridized carbons (Fsp3) is 0.588. The zero-order valence-corrected chi connectivity index (χ0v) is 27.4. The number of hydrogen-bond donors (Lipinski definition) is 0. The molecule has 0 fully saturated rings. The number of imide groups is 2. The quantitative estimate of drug-likeness (QED) is 0.295. The first-order valence-electron chi connectivity index (χ1n) is 15.5. The third kappa shape index (κ3) is 4.86. The summed E-state index contributed by atoms with van der Waals surface area (Å²) in [5.74, 6) is -0.958. The van der Waals surface area contributed by atoms with Gasteiger partial charge in [-0.25, -0.2) is 20.0 Å². The van der Waals surface area contributed by atoms with Gasteiger partial charge in [0.1, 0.15) is 0 Å². The molecule has 0 spiro atoms. The molecule has 2 heterocycles. The Morgan fingerprint density at radius 2 is 0.595 bits per heavy atom. The second-order valence-electron chi connectivity index (χ2n) is 13.6. The van der Waals surface area contributed by atoms with E-state index in [0.29, 0.717) is 33.0 Å². The molecule has 0 saturated carbocycles. The van der Waals surface area contributed by atoms with Crippen molar-refractivity contribution in [1.29, 1.82) is 0 Å². The molecular weight excluding hydrogens is 528 g/mol. The monoisotopic (exact) mass is 576 g/mol. The first kappa shape index (κ1) is 31.8. The van der Waals surface area contributed by atoms with Crippen LogP contribution in [-0.2, 0) is 0 Å². The highest BCUT2D eigenvalue weighted by Crippen LogP contribution is 2.40. The van der Waals surface area contributed by atoms with Crippen molar-refractivity contribution < 1.29 is 19.2 Å². The molecule has 2 aromatic carbocycles. The van der Waals surface area contributed by atoms with Crippen LogP contribution in [0.5, 0.6) is 0 Å². The van der Waals surface area contributed by atoms with Crippen molar-refractivity contribution in [3.05, 3.63) is 46.5 Å². The Kier molecular flexibility index (Phi) is 8.74. The fourth-order valence-electron chi connectivity index (χ4n) is 5.96. The van der Waals surface area contributed by atoms with E-state index in [1.807, 2.05) is 37.7 Å². The minimum atomic E-state index is -0.429. The summed E-state index contributed by atoms with van der Waals surface area (Å²) in [6.07, 6.45) is 0. The first-order chi connectivity index (χ1) is 19.5. The van der Waals surface area contributed by atoms with E-state index in [2.05, 4.69) is 55.4 Å². The average Bonchev–Trinajstić information content (AvgIpc) is 2.93. The molecular formula is C34H48N4O4. The zero-order valence-electron chi connectivity index (χ0n) is 27.4. The van der Waals surface area contributed by atoms with Gasteiger partial charge in [-0.1, -0.05) is 55.4 Å². The van der Waals surface area contributed by atoms with Gasteiger partial charge in [0.05, 0.1) is 22.3 Å². The summed E-state index contributed by atoms with van der Waals surface area (Å²) in [4.78, 5) is 56.7. The topological polar surface area (TPSA) is 81.2 Å². The predicted octanol–water partition coefficient (Wildman–Crippen LogP) is 6.64. The average molecular weight is 577 g/mol. The molecule has 0 aliphatic carbocycles. The molecule has 0 bridgehead atoms. The number of carbonyl (C=O) groups excluding carboxylic acids is 4. The van der Waals surface area contributed by atoms with Crippen LogP contribution in [0.1, 0.15) is 125 Å². The van der Waals surface area contributed by atoms with Crippen molar-refractivity contribution in [2.24, 2.45) is 23.7 Å². The van der Waals surface area contributed by atoms with Crippen LogP contribution in [0.15, 0.2) is 24.3 Å². The molecule has 8 heteroatoms. The van der Waals surface area contributed by atoms with Gasteiger partial charge in [0.25, 0.3) is 23.6 Å². The normalized spacial score (nSPS) is 18.5. The lowest BCUT2D eigenvalue weighted by Gasteiger charge is -2.47. The largest absolute Gasteiger partial charge is 0.276 e. The summed E-state index contributed by atoms with van der Waals surface area (Å²) in [5, 5.41) is 7.21. The van der Waals surface area contributed by atoms with Gasteiger partial charge in [0.15, 0.2) is 0 Å². The SMILES string of the molecule is CC(C)C(C)N(C(C)C(C)C)N1C(=O)c2ccc3c4c(ccc(c24)C1=O)C(=O)N(N(C(C)C(C)C)C(C)C(C)C)C3=O. The minimum absolute atomic E-state index is 0.0849. The van der Waals surface area contributed by atoms with Gasteiger partial charge in [0.2, 0.25) is 0 Å². The van der Waals surface area contributed by atoms with Crippen molar-refractivity contribution in [2.45, 2.75) is 107 Å². The van der Waals surface area contributed by atoms with Crippen molar-refractivity contribution in [3.63, 3.8) is 0 Å². The Morgan fingerprint density at radius 1 is 0.405 bits per heavy atom. The molecule has 8 nitrogen and oxygen atoms in total. The van der Waals surface area contributed by atoms with Gasteiger partial charge in [-0.15, -0.1) is 0 Å². The third-order valence-corrected chi connectivity index (χ3v) is 9.84. The van der Waals surface area contributed by atoms with Gasteiger partial charge in [0, 0.05) is 34.9 Å². The standard InChI is InChI=1S/C34H48N4O4/c1-17(2)21(9)35(22(10)18(3)4)37-31(39)25-13-15-27-30-28(16-14-26(29(25)30)32(37)40)34(42)38(33(27)41)36(23(11)19(5)6)24(12)20(7)8/h13-24H,1-12H3. The molecule has 228 valence electrons. The zero-order chi connectivity index (χ0) is 31.5. The van der Waals surface area contributed by atoms with Gasteiger partial charge in [-0.2, -0.15) is 0 Å². The molecule has 0 radical (unpaired) electrons. The number of benzene rings is 2. The van der Waals surface area contributed by atoms with Crippen LogP contribution < -0.4 is 0 Å².